The first-order chi connectivity index (χ1) is 13.3. The predicted molar refractivity (Wildman–Crippen MR) is 117 cm³/mol. The molecule has 6 rings (SSSR count). The number of para-hydroxylation sites is 3. The third kappa shape index (κ3) is 1.96. The summed E-state index contributed by atoms with van der Waals surface area (Å²) in [6, 6.07) is 32.3. The largest absolute Gasteiger partial charge is 0.310 e. The van der Waals surface area contributed by atoms with Gasteiger partial charge in [-0.3, -0.25) is 0 Å². The van der Waals surface area contributed by atoms with Gasteiger partial charge in [-0.25, -0.2) is 0 Å². The predicted octanol–water partition coefficient (Wildman–Crippen LogP) is 4.27. The summed E-state index contributed by atoms with van der Waals surface area (Å²) in [5, 5.41) is 3.41. The van der Waals surface area contributed by atoms with Crippen molar-refractivity contribution in [1.82, 2.24) is 4.57 Å². The maximum absolute atomic E-state index is 6.66. The number of hydrogen-bond donors (Lipinski definition) is 0. The lowest BCUT2D eigenvalue weighted by Crippen LogP contribution is -2.56. The van der Waals surface area contributed by atoms with Crippen LogP contribution in [-0.2, 0) is 0 Å². The fourth-order valence-electron chi connectivity index (χ4n) is 4.68. The number of nitrogens with zero attached hydrogens (tertiary/aromatic N) is 1. The summed E-state index contributed by atoms with van der Waals surface area (Å²) in [6.07, 6.45) is 0. The topological polar surface area (TPSA) is 4.93 Å². The third-order valence-electron chi connectivity index (χ3n) is 5.74. The fourth-order valence-corrected chi connectivity index (χ4v) is 4.92. The number of benzene rings is 4. The lowest BCUT2D eigenvalue weighted by molar-refractivity contribution is 1.19. The SMILES string of the molecule is Clc1ccccc1B1c2ccccc2-n2c3ccccc3c3cccc1c32. The van der Waals surface area contributed by atoms with E-state index >= 15 is 0 Å². The van der Waals surface area contributed by atoms with Crippen LogP contribution in [0.1, 0.15) is 0 Å². The van der Waals surface area contributed by atoms with E-state index in [0.717, 1.165) is 10.5 Å². The quantitative estimate of drug-likeness (QED) is 0.385. The van der Waals surface area contributed by atoms with Crippen LogP contribution in [0, 0.1) is 0 Å². The summed E-state index contributed by atoms with van der Waals surface area (Å²) in [6.45, 7) is 0.135. The molecule has 0 N–H and O–H groups in total. The molecule has 0 amide bonds. The third-order valence-corrected chi connectivity index (χ3v) is 6.09. The Hall–Kier alpha value is -2.97. The maximum Gasteiger partial charge on any atom is 0.248 e. The van der Waals surface area contributed by atoms with E-state index in [-0.39, 0.29) is 6.71 Å². The van der Waals surface area contributed by atoms with Crippen LogP contribution in [-0.4, -0.2) is 11.3 Å². The van der Waals surface area contributed by atoms with Crippen molar-refractivity contribution in [1.29, 1.82) is 0 Å². The highest BCUT2D eigenvalue weighted by atomic mass is 35.5. The molecule has 0 saturated heterocycles. The summed E-state index contributed by atoms with van der Waals surface area (Å²) in [4.78, 5) is 0. The van der Waals surface area contributed by atoms with Crippen LogP contribution in [0.3, 0.4) is 0 Å². The first-order valence-electron chi connectivity index (χ1n) is 9.20. The Morgan fingerprint density at radius 2 is 1.26 bits per heavy atom. The van der Waals surface area contributed by atoms with Gasteiger partial charge in [0.15, 0.2) is 0 Å². The van der Waals surface area contributed by atoms with Crippen molar-refractivity contribution < 1.29 is 0 Å². The van der Waals surface area contributed by atoms with Crippen molar-refractivity contribution in [3.05, 3.63) is 96.0 Å². The second-order valence-electron chi connectivity index (χ2n) is 7.11. The van der Waals surface area contributed by atoms with Crippen LogP contribution < -0.4 is 16.4 Å². The van der Waals surface area contributed by atoms with Gasteiger partial charge >= 0.3 is 0 Å². The average Bonchev–Trinajstić information content (AvgIpc) is 3.06. The molecule has 1 aromatic heterocycles. The van der Waals surface area contributed by atoms with Gasteiger partial charge in [-0.1, -0.05) is 89.9 Å². The minimum absolute atomic E-state index is 0.135. The molecular weight excluding hydrogens is 349 g/mol. The molecule has 1 nitrogen and oxygen atoms in total. The van der Waals surface area contributed by atoms with E-state index in [2.05, 4.69) is 83.4 Å². The summed E-state index contributed by atoms with van der Waals surface area (Å²) in [7, 11) is 0. The zero-order chi connectivity index (χ0) is 18.0. The number of fused-ring (bicyclic) bond motifs is 5. The van der Waals surface area contributed by atoms with Crippen molar-refractivity contribution in [3.63, 3.8) is 0 Å². The summed E-state index contributed by atoms with van der Waals surface area (Å²) in [5.41, 5.74) is 7.57. The van der Waals surface area contributed by atoms with Crippen LogP contribution in [0.4, 0.5) is 0 Å². The number of rotatable bonds is 1. The maximum atomic E-state index is 6.66. The molecule has 0 unspecified atom stereocenters. The van der Waals surface area contributed by atoms with E-state index in [9.17, 15) is 0 Å². The van der Waals surface area contributed by atoms with E-state index in [1.54, 1.807) is 0 Å². The second kappa shape index (κ2) is 5.51. The highest BCUT2D eigenvalue weighted by molar-refractivity contribution is 6.99. The van der Waals surface area contributed by atoms with Gasteiger partial charge in [0.25, 0.3) is 0 Å². The summed E-state index contributed by atoms with van der Waals surface area (Å²) < 4.78 is 2.42. The molecule has 126 valence electrons. The molecule has 4 aromatic carbocycles. The molecule has 0 saturated carbocycles. The highest BCUT2D eigenvalue weighted by Gasteiger charge is 2.33. The molecule has 0 radical (unpaired) electrons. The highest BCUT2D eigenvalue weighted by Crippen LogP contribution is 2.32. The molecule has 0 bridgehead atoms. The minimum Gasteiger partial charge on any atom is -0.310 e. The van der Waals surface area contributed by atoms with Crippen LogP contribution >= 0.6 is 11.6 Å². The van der Waals surface area contributed by atoms with E-state index in [4.69, 9.17) is 11.6 Å². The Balaban J connectivity index is 1.85. The van der Waals surface area contributed by atoms with E-state index in [1.807, 2.05) is 12.1 Å². The lowest BCUT2D eigenvalue weighted by atomic mass is 9.35. The summed E-state index contributed by atoms with van der Waals surface area (Å²) in [5.74, 6) is 0. The molecule has 2 heterocycles. The molecule has 0 spiro atoms. The molecule has 0 aliphatic carbocycles. The van der Waals surface area contributed by atoms with Crippen LogP contribution in [0.25, 0.3) is 27.5 Å². The first-order valence-corrected chi connectivity index (χ1v) is 9.58. The van der Waals surface area contributed by atoms with Gasteiger partial charge in [-0.05, 0) is 29.1 Å². The van der Waals surface area contributed by atoms with E-state index in [0.29, 0.717) is 0 Å². The van der Waals surface area contributed by atoms with Crippen LogP contribution in [0.5, 0.6) is 0 Å². The number of halogens is 1. The van der Waals surface area contributed by atoms with Crippen molar-refractivity contribution in [3.8, 4) is 5.69 Å². The van der Waals surface area contributed by atoms with Crippen molar-refractivity contribution in [2.24, 2.45) is 0 Å². The molecule has 1 aliphatic heterocycles. The second-order valence-corrected chi connectivity index (χ2v) is 7.52. The summed E-state index contributed by atoms with van der Waals surface area (Å²) >= 11 is 6.66. The Labute approximate surface area is 162 Å². The van der Waals surface area contributed by atoms with Crippen LogP contribution in [0.2, 0.25) is 5.02 Å². The molecule has 0 fully saturated rings. The Morgan fingerprint density at radius 3 is 2.15 bits per heavy atom. The monoisotopic (exact) mass is 363 g/mol. The Morgan fingerprint density at radius 1 is 0.593 bits per heavy atom. The van der Waals surface area contributed by atoms with Crippen molar-refractivity contribution >= 4 is 56.5 Å². The van der Waals surface area contributed by atoms with Gasteiger partial charge in [-0.15, -0.1) is 0 Å². The zero-order valence-corrected chi connectivity index (χ0v) is 15.3. The fraction of sp³-hybridized carbons (Fsp3) is 0. The number of hydrogen-bond acceptors (Lipinski definition) is 0. The smallest absolute Gasteiger partial charge is 0.248 e. The zero-order valence-electron chi connectivity index (χ0n) is 14.6. The molecule has 1 aliphatic rings. The standard InChI is InChI=1S/C24H15BClN/c26-21-13-4-2-10-18(21)25-19-11-3-6-15-23(19)27-22-14-5-1-8-16(22)17-9-7-12-20(25)24(17)27/h1-15H. The van der Waals surface area contributed by atoms with Gasteiger partial charge in [-0.2, -0.15) is 0 Å². The van der Waals surface area contributed by atoms with Crippen molar-refractivity contribution in [2.45, 2.75) is 0 Å². The van der Waals surface area contributed by atoms with Crippen LogP contribution in [0.15, 0.2) is 91.0 Å². The molecule has 3 heteroatoms. The van der Waals surface area contributed by atoms with Gasteiger partial charge in [0.1, 0.15) is 0 Å². The van der Waals surface area contributed by atoms with E-state index < -0.39 is 0 Å². The Kier molecular flexibility index (Phi) is 3.09. The lowest BCUT2D eigenvalue weighted by Gasteiger charge is -2.27. The molecule has 0 atom stereocenters. The minimum atomic E-state index is 0.135. The molecule has 5 aromatic rings. The van der Waals surface area contributed by atoms with Gasteiger partial charge in [0.2, 0.25) is 6.71 Å². The van der Waals surface area contributed by atoms with Gasteiger partial charge < -0.3 is 4.57 Å². The average molecular weight is 364 g/mol. The first kappa shape index (κ1) is 15.1. The molecular formula is C24H15BClN. The molecule has 27 heavy (non-hydrogen) atoms. The number of aromatic nitrogens is 1. The van der Waals surface area contributed by atoms with E-state index in [1.165, 1.54) is 38.4 Å². The van der Waals surface area contributed by atoms with Gasteiger partial charge in [0, 0.05) is 27.0 Å². The normalized spacial score (nSPS) is 12.6. The van der Waals surface area contributed by atoms with Gasteiger partial charge in [0.05, 0.1) is 5.52 Å². The van der Waals surface area contributed by atoms with Crippen molar-refractivity contribution in [2.75, 3.05) is 0 Å². The Bertz CT molecular complexity index is 1350.